The summed E-state index contributed by atoms with van der Waals surface area (Å²) in [6.07, 6.45) is 14.2. The zero-order chi connectivity index (χ0) is 21.5. The molecule has 2 rings (SSSR count). The van der Waals surface area contributed by atoms with E-state index in [1.807, 2.05) is 6.07 Å². The highest BCUT2D eigenvalue weighted by atomic mass is 16.7. The molecule has 0 heterocycles. The number of ether oxygens (including phenoxy) is 2. The van der Waals surface area contributed by atoms with Crippen LogP contribution in [0.5, 0.6) is 0 Å². The molecule has 0 atom stereocenters. The Hall–Kier alpha value is -1.90. The van der Waals surface area contributed by atoms with Gasteiger partial charge in [-0.2, -0.15) is 0 Å². The van der Waals surface area contributed by atoms with Crippen molar-refractivity contribution in [3.05, 3.63) is 71.3 Å². The lowest BCUT2D eigenvalue weighted by molar-refractivity contribution is -0.247. The van der Waals surface area contributed by atoms with Crippen LogP contribution in [0.1, 0.15) is 88.8 Å². The van der Waals surface area contributed by atoms with Crippen LogP contribution in [0.2, 0.25) is 0 Å². The molecule has 0 spiro atoms. The first kappa shape index (κ1) is 24.4. The third-order valence-corrected chi connectivity index (χ3v) is 5.48. The molecule has 0 radical (unpaired) electrons. The molecule has 2 heteroatoms. The molecule has 0 aliphatic rings. The van der Waals surface area contributed by atoms with Crippen LogP contribution in [0.4, 0.5) is 0 Å². The van der Waals surface area contributed by atoms with Gasteiger partial charge in [-0.15, -0.1) is 0 Å². The summed E-state index contributed by atoms with van der Waals surface area (Å²) in [6.45, 7) is 7.66. The summed E-state index contributed by atoms with van der Waals surface area (Å²) in [7, 11) is 0. The van der Waals surface area contributed by atoms with Crippen LogP contribution in [0.15, 0.2) is 54.6 Å². The summed E-state index contributed by atoms with van der Waals surface area (Å²) in [5.41, 5.74) is 3.51. The molecule has 0 saturated carbocycles. The normalized spacial score (nSPS) is 12.0. The van der Waals surface area contributed by atoms with E-state index in [1.165, 1.54) is 49.7 Å². The maximum Gasteiger partial charge on any atom is 0.194 e. The average Bonchev–Trinajstić information content (AvgIpc) is 2.78. The van der Waals surface area contributed by atoms with Gasteiger partial charge in [0.1, 0.15) is 0 Å². The molecule has 2 nitrogen and oxygen atoms in total. The molecule has 0 aliphatic carbocycles. The largest absolute Gasteiger partial charge is 0.346 e. The predicted molar refractivity (Wildman–Crippen MR) is 129 cm³/mol. The first-order valence-electron chi connectivity index (χ1n) is 11.9. The molecular formula is C28H40O2. The van der Waals surface area contributed by atoms with E-state index >= 15 is 0 Å². The Morgan fingerprint density at radius 2 is 1.17 bits per heavy atom. The summed E-state index contributed by atoms with van der Waals surface area (Å²) in [4.78, 5) is 0. The fourth-order valence-corrected chi connectivity index (χ4v) is 3.88. The van der Waals surface area contributed by atoms with Crippen LogP contribution in [0.3, 0.4) is 0 Å². The topological polar surface area (TPSA) is 18.5 Å². The Morgan fingerprint density at radius 1 is 0.633 bits per heavy atom. The highest BCUT2D eigenvalue weighted by Crippen LogP contribution is 2.34. The lowest BCUT2D eigenvalue weighted by atomic mass is 9.96. The van der Waals surface area contributed by atoms with Crippen LogP contribution < -0.4 is 0 Å². The first-order valence-corrected chi connectivity index (χ1v) is 11.9. The van der Waals surface area contributed by atoms with Crippen molar-refractivity contribution in [2.45, 2.75) is 77.9 Å². The molecule has 0 aromatic heterocycles. The van der Waals surface area contributed by atoms with Gasteiger partial charge < -0.3 is 9.47 Å². The fourth-order valence-electron chi connectivity index (χ4n) is 3.88. The highest BCUT2D eigenvalue weighted by molar-refractivity contribution is 5.69. The van der Waals surface area contributed by atoms with Gasteiger partial charge in [-0.1, -0.05) is 112 Å². The molecule has 30 heavy (non-hydrogen) atoms. The number of hydrogen-bond donors (Lipinski definition) is 0. The number of hydrogen-bond acceptors (Lipinski definition) is 2. The monoisotopic (exact) mass is 408 g/mol. The summed E-state index contributed by atoms with van der Waals surface area (Å²) in [5, 5.41) is 0. The fraction of sp³-hybridized carbons (Fsp3) is 0.500. The van der Waals surface area contributed by atoms with Gasteiger partial charge in [-0.25, -0.2) is 0 Å². The van der Waals surface area contributed by atoms with Gasteiger partial charge in [-0.05, 0) is 31.4 Å². The molecule has 0 amide bonds. The Morgan fingerprint density at radius 3 is 1.73 bits per heavy atom. The SMILES string of the molecule is CCCCCCCCCC(OCC)(OCC)c1ccc(C=Cc2ccccc2)cc1. The lowest BCUT2D eigenvalue weighted by Crippen LogP contribution is -2.33. The highest BCUT2D eigenvalue weighted by Gasteiger charge is 2.33. The molecule has 0 aliphatic heterocycles. The zero-order valence-corrected chi connectivity index (χ0v) is 19.2. The van der Waals surface area contributed by atoms with E-state index in [9.17, 15) is 0 Å². The molecule has 2 aromatic rings. The summed E-state index contributed by atoms with van der Waals surface area (Å²) in [5.74, 6) is -0.630. The Balaban J connectivity index is 2.03. The molecular weight excluding hydrogens is 368 g/mol. The quantitative estimate of drug-likeness (QED) is 0.168. The van der Waals surface area contributed by atoms with E-state index in [0.29, 0.717) is 13.2 Å². The van der Waals surface area contributed by atoms with Crippen molar-refractivity contribution in [1.82, 2.24) is 0 Å². The zero-order valence-electron chi connectivity index (χ0n) is 19.2. The summed E-state index contributed by atoms with van der Waals surface area (Å²) < 4.78 is 12.5. The van der Waals surface area contributed by atoms with Crippen LogP contribution >= 0.6 is 0 Å². The standard InChI is InChI=1S/C28H40O2/c1-4-7-8-9-10-11-15-24-28(29-5-2,30-6-3)27-22-20-26(21-23-27)19-18-25-16-13-12-14-17-25/h12-14,16-23H,4-11,15,24H2,1-3H3. The van der Waals surface area contributed by atoms with E-state index in [-0.39, 0.29) is 0 Å². The first-order chi connectivity index (χ1) is 14.7. The smallest absolute Gasteiger partial charge is 0.194 e. The number of rotatable bonds is 15. The number of unbranched alkanes of at least 4 members (excludes halogenated alkanes) is 6. The molecule has 2 aromatic carbocycles. The van der Waals surface area contributed by atoms with E-state index in [1.54, 1.807) is 0 Å². The molecule has 0 fully saturated rings. The average molecular weight is 409 g/mol. The van der Waals surface area contributed by atoms with Crippen LogP contribution in [0, 0.1) is 0 Å². The van der Waals surface area contributed by atoms with Gasteiger partial charge in [-0.3, -0.25) is 0 Å². The van der Waals surface area contributed by atoms with Gasteiger partial charge in [0.15, 0.2) is 5.79 Å². The van der Waals surface area contributed by atoms with Gasteiger partial charge in [0.2, 0.25) is 0 Å². The van der Waals surface area contributed by atoms with Crippen molar-refractivity contribution in [3.63, 3.8) is 0 Å². The second kappa shape index (κ2) is 14.2. The van der Waals surface area contributed by atoms with Crippen molar-refractivity contribution >= 4 is 12.2 Å². The number of benzene rings is 2. The Kier molecular flexibility index (Phi) is 11.5. The third-order valence-electron chi connectivity index (χ3n) is 5.48. The minimum absolute atomic E-state index is 0.630. The minimum atomic E-state index is -0.630. The summed E-state index contributed by atoms with van der Waals surface area (Å²) >= 11 is 0. The second-order valence-corrected chi connectivity index (χ2v) is 7.86. The lowest BCUT2D eigenvalue weighted by Gasteiger charge is -2.34. The van der Waals surface area contributed by atoms with Gasteiger partial charge >= 0.3 is 0 Å². The Labute approximate surface area is 184 Å². The van der Waals surface area contributed by atoms with Crippen LogP contribution in [-0.4, -0.2) is 13.2 Å². The maximum absolute atomic E-state index is 6.23. The molecule has 0 N–H and O–H groups in total. The molecule has 0 bridgehead atoms. The van der Waals surface area contributed by atoms with Crippen molar-refractivity contribution in [2.75, 3.05) is 13.2 Å². The molecule has 164 valence electrons. The molecule has 0 saturated heterocycles. The van der Waals surface area contributed by atoms with Crippen molar-refractivity contribution in [1.29, 1.82) is 0 Å². The van der Waals surface area contributed by atoms with E-state index in [4.69, 9.17) is 9.47 Å². The van der Waals surface area contributed by atoms with Crippen molar-refractivity contribution < 1.29 is 9.47 Å². The van der Waals surface area contributed by atoms with Crippen LogP contribution in [-0.2, 0) is 15.3 Å². The van der Waals surface area contributed by atoms with Crippen molar-refractivity contribution in [3.8, 4) is 0 Å². The van der Waals surface area contributed by atoms with Gasteiger partial charge in [0.05, 0.1) is 0 Å². The van der Waals surface area contributed by atoms with Gasteiger partial charge in [0.25, 0.3) is 0 Å². The summed E-state index contributed by atoms with van der Waals surface area (Å²) in [6, 6.07) is 19.0. The maximum atomic E-state index is 6.23. The van der Waals surface area contributed by atoms with E-state index < -0.39 is 5.79 Å². The minimum Gasteiger partial charge on any atom is -0.346 e. The van der Waals surface area contributed by atoms with Gasteiger partial charge in [0, 0.05) is 25.2 Å². The van der Waals surface area contributed by atoms with E-state index in [2.05, 4.69) is 81.5 Å². The van der Waals surface area contributed by atoms with Crippen molar-refractivity contribution in [2.24, 2.45) is 0 Å². The Bertz CT molecular complexity index is 697. The molecule has 0 unspecified atom stereocenters. The van der Waals surface area contributed by atoms with E-state index in [0.717, 1.165) is 18.4 Å². The predicted octanol–water partition coefficient (Wildman–Crippen LogP) is 8.22. The third kappa shape index (κ3) is 8.08. The van der Waals surface area contributed by atoms with Crippen LogP contribution in [0.25, 0.3) is 12.2 Å². The second-order valence-electron chi connectivity index (χ2n) is 7.86.